The van der Waals surface area contributed by atoms with Gasteiger partial charge in [-0.05, 0) is 17.4 Å². The molecule has 2 aromatic heterocycles. The van der Waals surface area contributed by atoms with Crippen molar-refractivity contribution in [2.45, 2.75) is 26.7 Å². The molecule has 0 N–H and O–H groups in total. The van der Waals surface area contributed by atoms with Crippen LogP contribution in [0.25, 0.3) is 11.4 Å². The van der Waals surface area contributed by atoms with E-state index in [1.165, 1.54) is 0 Å². The van der Waals surface area contributed by atoms with Gasteiger partial charge in [-0.25, -0.2) is 0 Å². The van der Waals surface area contributed by atoms with E-state index in [4.69, 9.17) is 4.52 Å². The van der Waals surface area contributed by atoms with Crippen molar-refractivity contribution in [2.75, 3.05) is 0 Å². The first-order valence-electron chi connectivity index (χ1n) is 5.52. The van der Waals surface area contributed by atoms with Crippen LogP contribution in [0.15, 0.2) is 21.3 Å². The van der Waals surface area contributed by atoms with Crippen LogP contribution in [-0.2, 0) is 11.2 Å². The summed E-state index contributed by atoms with van der Waals surface area (Å²) in [4.78, 5) is 15.8. The maximum absolute atomic E-state index is 11.6. The van der Waals surface area contributed by atoms with E-state index < -0.39 is 0 Å². The zero-order valence-corrected chi connectivity index (χ0v) is 10.7. The Balaban J connectivity index is 2.02. The van der Waals surface area contributed by atoms with Crippen LogP contribution >= 0.6 is 11.3 Å². The number of nitrogens with zero attached hydrogens (tertiary/aromatic N) is 2. The number of ketones is 1. The minimum Gasteiger partial charge on any atom is -0.339 e. The predicted octanol–water partition coefficient (Wildman–Crippen LogP) is 2.96. The first kappa shape index (κ1) is 12.0. The van der Waals surface area contributed by atoms with Crippen LogP contribution in [0.1, 0.15) is 26.2 Å². The number of hydrogen-bond acceptors (Lipinski definition) is 5. The van der Waals surface area contributed by atoms with Gasteiger partial charge in [-0.3, -0.25) is 4.79 Å². The van der Waals surface area contributed by atoms with Crippen molar-refractivity contribution in [2.24, 2.45) is 5.92 Å². The molecule has 0 spiro atoms. The van der Waals surface area contributed by atoms with Gasteiger partial charge in [-0.2, -0.15) is 16.3 Å². The van der Waals surface area contributed by atoms with E-state index >= 15 is 0 Å². The lowest BCUT2D eigenvalue weighted by atomic mass is 10.1. The van der Waals surface area contributed by atoms with Gasteiger partial charge in [0.05, 0.1) is 6.42 Å². The highest BCUT2D eigenvalue weighted by Crippen LogP contribution is 2.19. The van der Waals surface area contributed by atoms with Crippen LogP contribution in [-0.4, -0.2) is 15.9 Å². The minimum absolute atomic E-state index is 0.139. The first-order valence-corrected chi connectivity index (χ1v) is 6.46. The molecular formula is C12H14N2O2S. The Kier molecular flexibility index (Phi) is 3.68. The Morgan fingerprint density at radius 2 is 2.35 bits per heavy atom. The van der Waals surface area contributed by atoms with E-state index in [0.717, 1.165) is 5.56 Å². The van der Waals surface area contributed by atoms with E-state index in [1.807, 2.05) is 30.7 Å². The maximum Gasteiger partial charge on any atom is 0.234 e. The van der Waals surface area contributed by atoms with Gasteiger partial charge in [0.15, 0.2) is 0 Å². The molecule has 0 saturated carbocycles. The molecule has 4 nitrogen and oxygen atoms in total. The molecule has 0 amide bonds. The van der Waals surface area contributed by atoms with Crippen molar-refractivity contribution in [1.82, 2.24) is 10.1 Å². The normalized spacial score (nSPS) is 11.0. The lowest BCUT2D eigenvalue weighted by Gasteiger charge is -1.99. The molecule has 0 aromatic carbocycles. The van der Waals surface area contributed by atoms with Gasteiger partial charge >= 0.3 is 0 Å². The van der Waals surface area contributed by atoms with Gasteiger partial charge < -0.3 is 4.52 Å². The van der Waals surface area contributed by atoms with Crippen LogP contribution in [0.2, 0.25) is 0 Å². The third-order valence-corrected chi connectivity index (χ3v) is 2.92. The molecule has 0 aliphatic rings. The average molecular weight is 250 g/mol. The average Bonchev–Trinajstić information content (AvgIpc) is 2.84. The summed E-state index contributed by atoms with van der Waals surface area (Å²) in [6.45, 7) is 4.03. The van der Waals surface area contributed by atoms with Gasteiger partial charge in [0.25, 0.3) is 0 Å². The van der Waals surface area contributed by atoms with Gasteiger partial charge in [-0.15, -0.1) is 0 Å². The quantitative estimate of drug-likeness (QED) is 0.818. The lowest BCUT2D eigenvalue weighted by Crippen LogP contribution is -2.06. The number of thiophene rings is 1. The second-order valence-electron chi connectivity index (χ2n) is 4.34. The number of carbonyl (C=O) groups is 1. The van der Waals surface area contributed by atoms with Gasteiger partial charge in [0.2, 0.25) is 11.7 Å². The van der Waals surface area contributed by atoms with Crippen LogP contribution in [0, 0.1) is 5.92 Å². The Morgan fingerprint density at radius 3 is 3.00 bits per heavy atom. The molecule has 0 radical (unpaired) electrons. The van der Waals surface area contributed by atoms with Crippen LogP contribution < -0.4 is 0 Å². The molecule has 0 fully saturated rings. The molecule has 2 aromatic rings. The molecule has 17 heavy (non-hydrogen) atoms. The molecule has 0 saturated heterocycles. The molecule has 0 unspecified atom stereocenters. The SMILES string of the molecule is CC(C)CC(=O)Cc1nc(-c2ccsc2)no1. The standard InChI is InChI=1S/C12H14N2O2S/c1-8(2)5-10(15)6-11-13-12(14-16-11)9-3-4-17-7-9/h3-4,7-8H,5-6H2,1-2H3. The smallest absolute Gasteiger partial charge is 0.234 e. The zero-order valence-electron chi connectivity index (χ0n) is 9.84. The van der Waals surface area contributed by atoms with Gasteiger partial charge in [-0.1, -0.05) is 19.0 Å². The molecule has 0 atom stereocenters. The summed E-state index contributed by atoms with van der Waals surface area (Å²) >= 11 is 1.58. The largest absolute Gasteiger partial charge is 0.339 e. The van der Waals surface area contributed by atoms with Crippen LogP contribution in [0.5, 0.6) is 0 Å². The van der Waals surface area contributed by atoms with Gasteiger partial charge in [0, 0.05) is 17.4 Å². The van der Waals surface area contributed by atoms with Crippen LogP contribution in [0.4, 0.5) is 0 Å². The summed E-state index contributed by atoms with van der Waals surface area (Å²) in [5.74, 6) is 1.46. The Hall–Kier alpha value is -1.49. The lowest BCUT2D eigenvalue weighted by molar-refractivity contribution is -0.119. The van der Waals surface area contributed by atoms with Crippen molar-refractivity contribution in [3.8, 4) is 11.4 Å². The van der Waals surface area contributed by atoms with Crippen LogP contribution in [0.3, 0.4) is 0 Å². The highest BCUT2D eigenvalue weighted by Gasteiger charge is 2.13. The van der Waals surface area contributed by atoms with E-state index in [9.17, 15) is 4.79 Å². The molecule has 0 bridgehead atoms. The van der Waals surface area contributed by atoms with E-state index in [0.29, 0.717) is 24.1 Å². The number of hydrogen-bond donors (Lipinski definition) is 0. The fraction of sp³-hybridized carbons (Fsp3) is 0.417. The fourth-order valence-electron chi connectivity index (χ4n) is 1.53. The Bertz CT molecular complexity index is 488. The summed E-state index contributed by atoms with van der Waals surface area (Å²) in [7, 11) is 0. The summed E-state index contributed by atoms with van der Waals surface area (Å²) < 4.78 is 5.06. The van der Waals surface area contributed by atoms with Crippen molar-refractivity contribution in [3.63, 3.8) is 0 Å². The monoisotopic (exact) mass is 250 g/mol. The molecule has 5 heteroatoms. The number of aromatic nitrogens is 2. The highest BCUT2D eigenvalue weighted by atomic mass is 32.1. The second kappa shape index (κ2) is 5.23. The van der Waals surface area contributed by atoms with E-state index in [-0.39, 0.29) is 12.2 Å². The van der Waals surface area contributed by atoms with E-state index in [1.54, 1.807) is 11.3 Å². The molecule has 2 rings (SSSR count). The van der Waals surface area contributed by atoms with Gasteiger partial charge in [0.1, 0.15) is 5.78 Å². The van der Waals surface area contributed by atoms with E-state index in [2.05, 4.69) is 10.1 Å². The third-order valence-electron chi connectivity index (χ3n) is 2.23. The fourth-order valence-corrected chi connectivity index (χ4v) is 2.17. The maximum atomic E-state index is 11.6. The molecule has 90 valence electrons. The minimum atomic E-state index is 0.139. The molecular weight excluding hydrogens is 236 g/mol. The highest BCUT2D eigenvalue weighted by molar-refractivity contribution is 7.08. The number of rotatable bonds is 5. The summed E-state index contributed by atoms with van der Waals surface area (Å²) in [6.07, 6.45) is 0.783. The van der Waals surface area contributed by atoms with Crippen molar-refractivity contribution in [1.29, 1.82) is 0 Å². The van der Waals surface area contributed by atoms with Crippen molar-refractivity contribution < 1.29 is 9.32 Å². The van der Waals surface area contributed by atoms with Crippen molar-refractivity contribution in [3.05, 3.63) is 22.7 Å². The summed E-state index contributed by atoms with van der Waals surface area (Å²) in [5, 5.41) is 7.76. The molecule has 0 aliphatic carbocycles. The first-order chi connectivity index (χ1) is 8.15. The Labute approximate surface area is 104 Å². The topological polar surface area (TPSA) is 56.0 Å². The summed E-state index contributed by atoms with van der Waals surface area (Å²) in [5.41, 5.74) is 0.932. The van der Waals surface area contributed by atoms with Crippen molar-refractivity contribution >= 4 is 17.1 Å². The molecule has 2 heterocycles. The second-order valence-corrected chi connectivity index (χ2v) is 5.12. The number of carbonyl (C=O) groups excluding carboxylic acids is 1. The zero-order chi connectivity index (χ0) is 12.3. The number of Topliss-reactive ketones (excluding diaryl/α,β-unsaturated/α-hetero) is 1. The Morgan fingerprint density at radius 1 is 1.53 bits per heavy atom. The molecule has 0 aliphatic heterocycles. The third kappa shape index (κ3) is 3.23. The summed E-state index contributed by atoms with van der Waals surface area (Å²) in [6, 6.07) is 1.93. The predicted molar refractivity (Wildman–Crippen MR) is 65.8 cm³/mol.